The van der Waals surface area contributed by atoms with Crippen molar-refractivity contribution in [3.05, 3.63) is 77.6 Å². The standard InChI is InChI=1S/C16H14ClN3/c17-13-6-8-14(9-7-13)18-12-15-10-11-20(19-15)16-4-2-1-3-5-16/h1-11,18H,12H2. The van der Waals surface area contributed by atoms with E-state index in [0.29, 0.717) is 6.54 Å². The summed E-state index contributed by atoms with van der Waals surface area (Å²) in [6, 6.07) is 19.7. The summed E-state index contributed by atoms with van der Waals surface area (Å²) in [7, 11) is 0. The van der Waals surface area contributed by atoms with Gasteiger partial charge in [-0.05, 0) is 42.5 Å². The van der Waals surface area contributed by atoms with Crippen molar-refractivity contribution >= 4 is 17.3 Å². The Morgan fingerprint density at radius 2 is 1.70 bits per heavy atom. The highest BCUT2D eigenvalue weighted by atomic mass is 35.5. The minimum atomic E-state index is 0.682. The van der Waals surface area contributed by atoms with E-state index < -0.39 is 0 Å². The number of nitrogens with one attached hydrogen (secondary N) is 1. The molecule has 0 fully saturated rings. The van der Waals surface area contributed by atoms with E-state index in [1.54, 1.807) is 0 Å². The van der Waals surface area contributed by atoms with Crippen LogP contribution in [0.3, 0.4) is 0 Å². The lowest BCUT2D eigenvalue weighted by Crippen LogP contribution is -2.01. The Kier molecular flexibility index (Phi) is 3.70. The first-order valence-corrected chi connectivity index (χ1v) is 6.78. The van der Waals surface area contributed by atoms with Crippen LogP contribution in [-0.4, -0.2) is 9.78 Å². The van der Waals surface area contributed by atoms with Gasteiger partial charge in [0.05, 0.1) is 17.9 Å². The molecule has 0 bridgehead atoms. The van der Waals surface area contributed by atoms with Crippen molar-refractivity contribution in [1.82, 2.24) is 9.78 Å². The van der Waals surface area contributed by atoms with E-state index >= 15 is 0 Å². The molecule has 1 heterocycles. The molecule has 0 unspecified atom stereocenters. The summed E-state index contributed by atoms with van der Waals surface area (Å²) in [5.74, 6) is 0. The zero-order valence-electron chi connectivity index (χ0n) is 10.8. The lowest BCUT2D eigenvalue weighted by atomic mass is 10.3. The van der Waals surface area contributed by atoms with Crippen molar-refractivity contribution in [3.8, 4) is 5.69 Å². The molecule has 0 radical (unpaired) electrons. The molecule has 0 aliphatic heterocycles. The normalized spacial score (nSPS) is 10.4. The van der Waals surface area contributed by atoms with Gasteiger partial charge < -0.3 is 5.32 Å². The maximum absolute atomic E-state index is 5.86. The van der Waals surface area contributed by atoms with Gasteiger partial charge in [-0.2, -0.15) is 5.10 Å². The number of halogens is 1. The summed E-state index contributed by atoms with van der Waals surface area (Å²) in [4.78, 5) is 0. The van der Waals surface area contributed by atoms with Crippen molar-refractivity contribution < 1.29 is 0 Å². The minimum Gasteiger partial charge on any atom is -0.379 e. The summed E-state index contributed by atoms with van der Waals surface area (Å²) >= 11 is 5.86. The monoisotopic (exact) mass is 283 g/mol. The Bertz CT molecular complexity index is 674. The van der Waals surface area contributed by atoms with Crippen LogP contribution in [0.15, 0.2) is 66.9 Å². The topological polar surface area (TPSA) is 29.9 Å². The maximum atomic E-state index is 5.86. The molecule has 3 aromatic rings. The van der Waals surface area contributed by atoms with Crippen molar-refractivity contribution in [2.45, 2.75) is 6.54 Å². The molecular formula is C16H14ClN3. The van der Waals surface area contributed by atoms with E-state index in [9.17, 15) is 0 Å². The van der Waals surface area contributed by atoms with Gasteiger partial charge in [0.25, 0.3) is 0 Å². The van der Waals surface area contributed by atoms with E-state index in [2.05, 4.69) is 10.4 Å². The predicted octanol–water partition coefficient (Wildman–Crippen LogP) is 4.14. The third kappa shape index (κ3) is 3.00. The SMILES string of the molecule is Clc1ccc(NCc2ccn(-c3ccccc3)n2)cc1. The van der Waals surface area contributed by atoms with Crippen LogP contribution in [0.5, 0.6) is 0 Å². The van der Waals surface area contributed by atoms with Crippen LogP contribution in [0.1, 0.15) is 5.69 Å². The van der Waals surface area contributed by atoms with Crippen molar-refractivity contribution in [3.63, 3.8) is 0 Å². The molecule has 0 saturated heterocycles. The van der Waals surface area contributed by atoms with Crippen LogP contribution in [0, 0.1) is 0 Å². The molecule has 2 aromatic carbocycles. The number of anilines is 1. The van der Waals surface area contributed by atoms with Gasteiger partial charge in [0.2, 0.25) is 0 Å². The van der Waals surface area contributed by atoms with Crippen molar-refractivity contribution in [2.24, 2.45) is 0 Å². The second-order valence-electron chi connectivity index (χ2n) is 4.45. The molecule has 100 valence electrons. The van der Waals surface area contributed by atoms with Crippen LogP contribution in [0.2, 0.25) is 5.02 Å². The molecule has 0 aliphatic rings. The second-order valence-corrected chi connectivity index (χ2v) is 4.88. The van der Waals surface area contributed by atoms with Gasteiger partial charge in [-0.15, -0.1) is 0 Å². The van der Waals surface area contributed by atoms with Gasteiger partial charge in [0.1, 0.15) is 0 Å². The second kappa shape index (κ2) is 5.80. The molecule has 0 saturated carbocycles. The number of aromatic nitrogens is 2. The Morgan fingerprint density at radius 3 is 2.45 bits per heavy atom. The molecule has 0 spiro atoms. The quantitative estimate of drug-likeness (QED) is 0.780. The average Bonchev–Trinajstić information content (AvgIpc) is 2.97. The lowest BCUT2D eigenvalue weighted by Gasteiger charge is -2.04. The Balaban J connectivity index is 1.67. The molecule has 3 nitrogen and oxygen atoms in total. The summed E-state index contributed by atoms with van der Waals surface area (Å²) in [5.41, 5.74) is 3.08. The highest BCUT2D eigenvalue weighted by Crippen LogP contribution is 2.14. The van der Waals surface area contributed by atoms with Gasteiger partial charge in [-0.1, -0.05) is 29.8 Å². The first-order chi connectivity index (χ1) is 9.81. The van der Waals surface area contributed by atoms with Crippen LogP contribution in [0.4, 0.5) is 5.69 Å². The van der Waals surface area contributed by atoms with Gasteiger partial charge in [0.15, 0.2) is 0 Å². The van der Waals surface area contributed by atoms with Crippen LogP contribution < -0.4 is 5.32 Å². The van der Waals surface area contributed by atoms with E-state index in [4.69, 9.17) is 11.6 Å². The van der Waals surface area contributed by atoms with E-state index in [0.717, 1.165) is 22.1 Å². The molecule has 0 atom stereocenters. The van der Waals surface area contributed by atoms with Crippen molar-refractivity contribution in [1.29, 1.82) is 0 Å². The first kappa shape index (κ1) is 12.8. The molecular weight excluding hydrogens is 270 g/mol. The van der Waals surface area contributed by atoms with E-state index in [-0.39, 0.29) is 0 Å². The van der Waals surface area contributed by atoms with Crippen LogP contribution in [-0.2, 0) is 6.54 Å². The average molecular weight is 284 g/mol. The Labute approximate surface area is 122 Å². The van der Waals surface area contributed by atoms with Gasteiger partial charge in [-0.25, -0.2) is 4.68 Å². The number of hydrogen-bond donors (Lipinski definition) is 1. The van der Waals surface area contributed by atoms with E-state index in [1.807, 2.05) is 71.5 Å². The molecule has 4 heteroatoms. The molecule has 20 heavy (non-hydrogen) atoms. The van der Waals surface area contributed by atoms with Crippen LogP contribution >= 0.6 is 11.6 Å². The lowest BCUT2D eigenvalue weighted by molar-refractivity contribution is 0.844. The molecule has 1 N–H and O–H groups in total. The van der Waals surface area contributed by atoms with Gasteiger partial charge in [-0.3, -0.25) is 0 Å². The number of hydrogen-bond acceptors (Lipinski definition) is 2. The fourth-order valence-electron chi connectivity index (χ4n) is 1.94. The maximum Gasteiger partial charge on any atom is 0.0819 e. The van der Waals surface area contributed by atoms with Gasteiger partial charge >= 0.3 is 0 Å². The molecule has 3 rings (SSSR count). The fourth-order valence-corrected chi connectivity index (χ4v) is 2.07. The molecule has 0 aliphatic carbocycles. The third-order valence-electron chi connectivity index (χ3n) is 2.98. The summed E-state index contributed by atoms with van der Waals surface area (Å²) in [6.45, 7) is 0.682. The number of benzene rings is 2. The highest BCUT2D eigenvalue weighted by molar-refractivity contribution is 6.30. The zero-order chi connectivity index (χ0) is 13.8. The summed E-state index contributed by atoms with van der Waals surface area (Å²) in [6.07, 6.45) is 1.97. The number of nitrogens with zero attached hydrogens (tertiary/aromatic N) is 2. The Morgan fingerprint density at radius 1 is 0.950 bits per heavy atom. The number of rotatable bonds is 4. The van der Waals surface area contributed by atoms with Crippen molar-refractivity contribution in [2.75, 3.05) is 5.32 Å². The van der Waals surface area contributed by atoms with Crippen LogP contribution in [0.25, 0.3) is 5.69 Å². The fraction of sp³-hybridized carbons (Fsp3) is 0.0625. The summed E-state index contributed by atoms with van der Waals surface area (Å²) < 4.78 is 1.87. The predicted molar refractivity (Wildman–Crippen MR) is 82.3 cm³/mol. The Hall–Kier alpha value is -2.26. The largest absolute Gasteiger partial charge is 0.379 e. The molecule has 1 aromatic heterocycles. The van der Waals surface area contributed by atoms with E-state index in [1.165, 1.54) is 0 Å². The summed E-state index contributed by atoms with van der Waals surface area (Å²) in [5, 5.41) is 8.60. The highest BCUT2D eigenvalue weighted by Gasteiger charge is 2.01. The number of para-hydroxylation sites is 1. The van der Waals surface area contributed by atoms with Gasteiger partial charge in [0, 0.05) is 16.9 Å². The zero-order valence-corrected chi connectivity index (χ0v) is 11.6. The minimum absolute atomic E-state index is 0.682. The first-order valence-electron chi connectivity index (χ1n) is 6.41. The smallest absolute Gasteiger partial charge is 0.0819 e. The third-order valence-corrected chi connectivity index (χ3v) is 3.23. The molecule has 0 amide bonds.